The number of hydrogen-bond donors (Lipinski definition) is 2. The van der Waals surface area contributed by atoms with Gasteiger partial charge < -0.3 is 14.8 Å². The van der Waals surface area contributed by atoms with Gasteiger partial charge in [-0.15, -0.1) is 0 Å². The van der Waals surface area contributed by atoms with Crippen molar-refractivity contribution in [2.75, 3.05) is 17.1 Å². The van der Waals surface area contributed by atoms with Crippen molar-refractivity contribution in [3.63, 3.8) is 0 Å². The summed E-state index contributed by atoms with van der Waals surface area (Å²) < 4.78 is 49.4. The van der Waals surface area contributed by atoms with E-state index in [-0.39, 0.29) is 18.6 Å². The van der Waals surface area contributed by atoms with E-state index in [0.717, 1.165) is 6.08 Å². The average molecular weight is 430 g/mol. The molecule has 1 aromatic carbocycles. The van der Waals surface area contributed by atoms with Crippen molar-refractivity contribution < 1.29 is 22.6 Å². The minimum Gasteiger partial charge on any atom is -0.454 e. The lowest BCUT2D eigenvalue weighted by Gasteiger charge is -2.21. The molecule has 1 unspecified atom stereocenters. The number of benzene rings is 1. The Hall–Kier alpha value is -2.53. The van der Waals surface area contributed by atoms with Gasteiger partial charge >= 0.3 is 6.18 Å². The smallest absolute Gasteiger partial charge is 0.409 e. The molecule has 2 aliphatic heterocycles. The normalized spacial score (nSPS) is 18.5. The van der Waals surface area contributed by atoms with Gasteiger partial charge in [-0.3, -0.25) is 5.01 Å². The van der Waals surface area contributed by atoms with E-state index in [4.69, 9.17) is 9.47 Å². The van der Waals surface area contributed by atoms with Crippen LogP contribution in [-0.2, 0) is 0 Å². The van der Waals surface area contributed by atoms with Gasteiger partial charge in [0, 0.05) is 24.2 Å². The first-order valence-electron chi connectivity index (χ1n) is 7.40. The zero-order chi connectivity index (χ0) is 18.3. The van der Waals surface area contributed by atoms with Crippen LogP contribution in [-0.4, -0.2) is 29.0 Å². The molecular formula is C15H11BrF3N5O2. The van der Waals surface area contributed by atoms with Gasteiger partial charge in [0.1, 0.15) is 6.04 Å². The number of hydrazine groups is 1. The third-order valence-electron chi connectivity index (χ3n) is 3.64. The predicted molar refractivity (Wildman–Crippen MR) is 90.2 cm³/mol. The van der Waals surface area contributed by atoms with Crippen molar-refractivity contribution in [3.8, 4) is 11.5 Å². The minimum absolute atomic E-state index is 0.158. The lowest BCUT2D eigenvalue weighted by molar-refractivity contribution is -0.142. The number of nitrogens with zero attached hydrogens (tertiary/aromatic N) is 3. The molecule has 1 atom stereocenters. The third kappa shape index (κ3) is 3.27. The van der Waals surface area contributed by atoms with Crippen LogP contribution in [0.4, 0.5) is 30.6 Å². The van der Waals surface area contributed by atoms with Crippen LogP contribution >= 0.6 is 15.9 Å². The molecule has 2 N–H and O–H groups in total. The van der Waals surface area contributed by atoms with Gasteiger partial charge in [-0.25, -0.2) is 10.4 Å². The SMILES string of the molecule is FC(F)(F)C1C=CN(c2nc(Nc3ccc4c(c3)OCO4)ncc2Br)N1. The Morgan fingerprint density at radius 3 is 2.85 bits per heavy atom. The molecule has 0 amide bonds. The van der Waals surface area contributed by atoms with Gasteiger partial charge in [-0.05, 0) is 34.1 Å². The zero-order valence-electron chi connectivity index (χ0n) is 12.9. The van der Waals surface area contributed by atoms with Crippen molar-refractivity contribution in [3.05, 3.63) is 41.1 Å². The number of halogens is 4. The average Bonchev–Trinajstić information content (AvgIpc) is 3.24. The number of ether oxygens (including phenoxy) is 2. The van der Waals surface area contributed by atoms with Crippen LogP contribution in [0, 0.1) is 0 Å². The summed E-state index contributed by atoms with van der Waals surface area (Å²) in [6.45, 7) is 0.158. The summed E-state index contributed by atoms with van der Waals surface area (Å²) >= 11 is 3.25. The molecule has 0 bridgehead atoms. The highest BCUT2D eigenvalue weighted by atomic mass is 79.9. The molecule has 0 aliphatic carbocycles. The van der Waals surface area contributed by atoms with E-state index in [9.17, 15) is 13.2 Å². The van der Waals surface area contributed by atoms with E-state index in [1.807, 2.05) is 0 Å². The van der Waals surface area contributed by atoms with E-state index in [2.05, 4.69) is 36.6 Å². The number of aromatic nitrogens is 2. The van der Waals surface area contributed by atoms with Crippen LogP contribution in [0.2, 0.25) is 0 Å². The summed E-state index contributed by atoms with van der Waals surface area (Å²) in [7, 11) is 0. The third-order valence-corrected chi connectivity index (χ3v) is 4.20. The topological polar surface area (TPSA) is 71.5 Å². The molecule has 2 aliphatic rings. The predicted octanol–water partition coefficient (Wildman–Crippen LogP) is 3.48. The maximum Gasteiger partial charge on any atom is 0.409 e. The molecule has 0 radical (unpaired) electrons. The molecule has 7 nitrogen and oxygen atoms in total. The second-order valence-electron chi connectivity index (χ2n) is 5.42. The van der Waals surface area contributed by atoms with Crippen LogP contribution in [0.3, 0.4) is 0 Å². The molecule has 11 heteroatoms. The Morgan fingerprint density at radius 2 is 2.08 bits per heavy atom. The first-order chi connectivity index (χ1) is 12.4. The molecule has 0 saturated carbocycles. The molecule has 1 aromatic heterocycles. The van der Waals surface area contributed by atoms with E-state index in [0.29, 0.717) is 21.7 Å². The number of anilines is 3. The monoisotopic (exact) mass is 429 g/mol. The van der Waals surface area contributed by atoms with Crippen LogP contribution < -0.4 is 25.2 Å². The van der Waals surface area contributed by atoms with E-state index in [1.165, 1.54) is 17.4 Å². The van der Waals surface area contributed by atoms with Crippen LogP contribution in [0.25, 0.3) is 0 Å². The molecule has 0 fully saturated rings. The van der Waals surface area contributed by atoms with Crippen molar-refractivity contribution in [2.24, 2.45) is 0 Å². The number of alkyl halides is 3. The molecular weight excluding hydrogens is 419 g/mol. The molecule has 3 heterocycles. The van der Waals surface area contributed by atoms with Crippen LogP contribution in [0.5, 0.6) is 11.5 Å². The number of fused-ring (bicyclic) bond motifs is 1. The lowest BCUT2D eigenvalue weighted by Crippen LogP contribution is -2.44. The Kier molecular flexibility index (Phi) is 4.11. The van der Waals surface area contributed by atoms with E-state index < -0.39 is 12.2 Å². The van der Waals surface area contributed by atoms with Crippen molar-refractivity contribution >= 4 is 33.4 Å². The Labute approximate surface area is 153 Å². The molecule has 4 rings (SSSR count). The minimum atomic E-state index is -4.39. The van der Waals surface area contributed by atoms with Crippen molar-refractivity contribution in [1.29, 1.82) is 0 Å². The fourth-order valence-electron chi connectivity index (χ4n) is 2.41. The Morgan fingerprint density at radius 1 is 1.27 bits per heavy atom. The zero-order valence-corrected chi connectivity index (χ0v) is 14.5. The quantitative estimate of drug-likeness (QED) is 0.773. The van der Waals surface area contributed by atoms with Crippen molar-refractivity contribution in [1.82, 2.24) is 15.4 Å². The summed E-state index contributed by atoms with van der Waals surface area (Å²) in [5.41, 5.74) is 2.98. The van der Waals surface area contributed by atoms with Gasteiger partial charge in [0.15, 0.2) is 17.3 Å². The number of hydrogen-bond acceptors (Lipinski definition) is 7. The van der Waals surface area contributed by atoms with E-state index >= 15 is 0 Å². The summed E-state index contributed by atoms with van der Waals surface area (Å²) in [5.74, 6) is 1.68. The molecule has 26 heavy (non-hydrogen) atoms. The maximum atomic E-state index is 12.8. The maximum absolute atomic E-state index is 12.8. The van der Waals surface area contributed by atoms with Crippen LogP contribution in [0.15, 0.2) is 41.1 Å². The van der Waals surface area contributed by atoms with Crippen LogP contribution in [0.1, 0.15) is 0 Å². The fourth-order valence-corrected chi connectivity index (χ4v) is 2.79. The van der Waals surface area contributed by atoms with Gasteiger partial charge in [-0.2, -0.15) is 18.2 Å². The summed E-state index contributed by atoms with van der Waals surface area (Å²) in [5, 5.41) is 4.18. The second-order valence-corrected chi connectivity index (χ2v) is 6.27. The highest BCUT2D eigenvalue weighted by molar-refractivity contribution is 9.10. The summed E-state index contributed by atoms with van der Waals surface area (Å²) in [4.78, 5) is 8.39. The molecule has 2 aromatic rings. The molecule has 0 spiro atoms. The van der Waals surface area contributed by atoms with Gasteiger partial charge in [-0.1, -0.05) is 0 Å². The number of rotatable bonds is 3. The Balaban J connectivity index is 1.54. The highest BCUT2D eigenvalue weighted by Gasteiger charge is 2.41. The standard InChI is InChI=1S/C15H11BrF3N5O2/c16-9-6-20-14(21-8-1-2-10-11(5-8)26-7-25-10)22-13(9)24-4-3-12(23-24)15(17,18)19/h1-6,12,23H,7H2,(H,20,21,22). The van der Waals surface area contributed by atoms with Crippen molar-refractivity contribution in [2.45, 2.75) is 12.2 Å². The van der Waals surface area contributed by atoms with Gasteiger partial charge in [0.05, 0.1) is 4.47 Å². The largest absolute Gasteiger partial charge is 0.454 e. The fraction of sp³-hybridized carbons (Fsp3) is 0.200. The number of nitrogens with one attached hydrogen (secondary N) is 2. The summed E-state index contributed by atoms with van der Waals surface area (Å²) in [6.07, 6.45) is -0.651. The second kappa shape index (κ2) is 6.32. The lowest BCUT2D eigenvalue weighted by atomic mass is 10.3. The summed E-state index contributed by atoms with van der Waals surface area (Å²) in [6, 6.07) is 3.45. The first kappa shape index (κ1) is 16.9. The Bertz CT molecular complexity index is 877. The van der Waals surface area contributed by atoms with E-state index in [1.54, 1.807) is 18.2 Å². The molecule has 136 valence electrons. The van der Waals surface area contributed by atoms with Gasteiger partial charge in [0.2, 0.25) is 12.7 Å². The highest BCUT2D eigenvalue weighted by Crippen LogP contribution is 2.35. The molecule has 0 saturated heterocycles. The first-order valence-corrected chi connectivity index (χ1v) is 8.19. The van der Waals surface area contributed by atoms with Gasteiger partial charge in [0.25, 0.3) is 0 Å².